The molecule has 0 radical (unpaired) electrons. The van der Waals surface area contributed by atoms with Gasteiger partial charge in [-0.25, -0.2) is 4.39 Å². The minimum Gasteiger partial charge on any atom is -0.342 e. The first-order valence-corrected chi connectivity index (χ1v) is 9.27. The average Bonchev–Trinajstić information content (AvgIpc) is 3.00. The van der Waals surface area contributed by atoms with Gasteiger partial charge < -0.3 is 4.57 Å². The summed E-state index contributed by atoms with van der Waals surface area (Å²) in [6.07, 6.45) is 2.23. The van der Waals surface area contributed by atoms with Crippen LogP contribution in [0, 0.1) is 5.82 Å². The van der Waals surface area contributed by atoms with Crippen molar-refractivity contribution in [3.63, 3.8) is 0 Å². The molecule has 1 heterocycles. The van der Waals surface area contributed by atoms with E-state index in [1.807, 2.05) is 18.2 Å². The van der Waals surface area contributed by atoms with Crippen molar-refractivity contribution in [1.82, 2.24) is 4.57 Å². The number of fused-ring (bicyclic) bond motifs is 1. The molecule has 0 fully saturated rings. The molecule has 0 atom stereocenters. The zero-order valence-electron chi connectivity index (χ0n) is 13.7. The van der Waals surface area contributed by atoms with Gasteiger partial charge in [-0.3, -0.25) is 0 Å². The Morgan fingerprint density at radius 2 is 1.48 bits per heavy atom. The third-order valence-electron chi connectivity index (χ3n) is 4.26. The van der Waals surface area contributed by atoms with Crippen LogP contribution in [0.4, 0.5) is 4.39 Å². The highest BCUT2D eigenvalue weighted by Gasteiger charge is 2.09. The highest BCUT2D eigenvalue weighted by Crippen LogP contribution is 2.32. The van der Waals surface area contributed by atoms with Gasteiger partial charge in [-0.1, -0.05) is 60.7 Å². The van der Waals surface area contributed by atoms with Crippen molar-refractivity contribution in [2.24, 2.45) is 0 Å². The lowest BCUT2D eigenvalue weighted by molar-refractivity contribution is 0.627. The van der Waals surface area contributed by atoms with Gasteiger partial charge >= 0.3 is 0 Å². The molecule has 0 amide bonds. The lowest BCUT2D eigenvalue weighted by Gasteiger charge is -2.05. The van der Waals surface area contributed by atoms with Crippen LogP contribution in [0.2, 0.25) is 0 Å². The van der Waals surface area contributed by atoms with Crippen molar-refractivity contribution in [3.05, 3.63) is 102 Å². The summed E-state index contributed by atoms with van der Waals surface area (Å²) >= 11 is 1.80. The van der Waals surface area contributed by atoms with Gasteiger partial charge in [0, 0.05) is 34.3 Å². The number of rotatable bonds is 5. The number of nitrogens with zero attached hydrogens (tertiary/aromatic N) is 1. The quantitative estimate of drug-likeness (QED) is 0.394. The highest BCUT2D eigenvalue weighted by atomic mass is 32.2. The van der Waals surface area contributed by atoms with E-state index < -0.39 is 0 Å². The van der Waals surface area contributed by atoms with E-state index in [0.29, 0.717) is 0 Å². The first-order valence-electron chi connectivity index (χ1n) is 8.28. The number of aromatic nitrogens is 1. The van der Waals surface area contributed by atoms with E-state index in [2.05, 4.69) is 59.3 Å². The van der Waals surface area contributed by atoms with E-state index in [9.17, 15) is 4.39 Å². The molecular weight excluding hydrogens is 329 g/mol. The van der Waals surface area contributed by atoms with Crippen molar-refractivity contribution in [3.8, 4) is 0 Å². The lowest BCUT2D eigenvalue weighted by Crippen LogP contribution is -1.97. The van der Waals surface area contributed by atoms with Crippen LogP contribution in [0.5, 0.6) is 0 Å². The minimum absolute atomic E-state index is 0.187. The Bertz CT molecular complexity index is 974. The topological polar surface area (TPSA) is 4.93 Å². The van der Waals surface area contributed by atoms with Crippen LogP contribution in [0.25, 0.3) is 10.9 Å². The molecule has 0 unspecified atom stereocenters. The fourth-order valence-corrected chi connectivity index (χ4v) is 4.03. The van der Waals surface area contributed by atoms with Crippen LogP contribution < -0.4 is 0 Å². The Labute approximate surface area is 151 Å². The van der Waals surface area contributed by atoms with Crippen molar-refractivity contribution in [2.45, 2.75) is 17.2 Å². The van der Waals surface area contributed by atoms with Crippen LogP contribution >= 0.6 is 11.8 Å². The molecule has 25 heavy (non-hydrogen) atoms. The second-order valence-electron chi connectivity index (χ2n) is 6.04. The number of halogens is 1. The number of thioether (sulfide) groups is 1. The number of benzene rings is 3. The van der Waals surface area contributed by atoms with Gasteiger partial charge in [0.25, 0.3) is 0 Å². The van der Waals surface area contributed by atoms with Gasteiger partial charge in [-0.2, -0.15) is 0 Å². The van der Waals surface area contributed by atoms with Gasteiger partial charge in [0.2, 0.25) is 0 Å². The fraction of sp³-hybridized carbons (Fsp3) is 0.0909. The Balaban J connectivity index is 1.61. The second-order valence-corrected chi connectivity index (χ2v) is 7.06. The van der Waals surface area contributed by atoms with Crippen molar-refractivity contribution in [2.75, 3.05) is 0 Å². The monoisotopic (exact) mass is 347 g/mol. The lowest BCUT2D eigenvalue weighted by atomic mass is 10.2. The summed E-state index contributed by atoms with van der Waals surface area (Å²) in [7, 11) is 0. The van der Waals surface area contributed by atoms with E-state index in [0.717, 1.165) is 17.9 Å². The van der Waals surface area contributed by atoms with Crippen LogP contribution in [0.15, 0.2) is 90.0 Å². The third-order valence-corrected chi connectivity index (χ3v) is 5.37. The smallest absolute Gasteiger partial charge is 0.123 e. The summed E-state index contributed by atoms with van der Waals surface area (Å²) in [6.45, 7) is 0.860. The molecule has 0 aliphatic rings. The zero-order valence-corrected chi connectivity index (χ0v) is 14.5. The molecule has 1 nitrogen and oxygen atoms in total. The van der Waals surface area contributed by atoms with E-state index in [4.69, 9.17) is 0 Å². The summed E-state index contributed by atoms with van der Waals surface area (Å²) in [5.41, 5.74) is 3.66. The van der Waals surface area contributed by atoms with Crippen LogP contribution in [0.3, 0.4) is 0 Å². The molecule has 0 saturated heterocycles. The van der Waals surface area contributed by atoms with Gasteiger partial charge in [-0.05, 0) is 29.3 Å². The largest absolute Gasteiger partial charge is 0.342 e. The standard InChI is InChI=1S/C22H18FNS/c23-19-12-10-18(11-13-19)16-25-22-15-24(14-17-6-2-1-3-7-17)21-9-5-4-8-20(21)22/h1-13,15H,14,16H2. The zero-order chi connectivity index (χ0) is 17.1. The fourth-order valence-electron chi connectivity index (χ4n) is 2.98. The summed E-state index contributed by atoms with van der Waals surface area (Å²) < 4.78 is 15.4. The Morgan fingerprint density at radius 1 is 0.760 bits per heavy atom. The highest BCUT2D eigenvalue weighted by molar-refractivity contribution is 7.98. The van der Waals surface area contributed by atoms with E-state index >= 15 is 0 Å². The Morgan fingerprint density at radius 3 is 2.28 bits per heavy atom. The number of hydrogen-bond donors (Lipinski definition) is 0. The summed E-state index contributed by atoms with van der Waals surface area (Å²) in [6, 6.07) is 25.7. The maximum Gasteiger partial charge on any atom is 0.123 e. The van der Waals surface area contributed by atoms with Gasteiger partial charge in [-0.15, -0.1) is 11.8 Å². The molecule has 3 heteroatoms. The van der Waals surface area contributed by atoms with E-state index in [-0.39, 0.29) is 5.82 Å². The van der Waals surface area contributed by atoms with Gasteiger partial charge in [0.15, 0.2) is 0 Å². The minimum atomic E-state index is -0.187. The number of para-hydroxylation sites is 1. The van der Waals surface area contributed by atoms with Crippen molar-refractivity contribution in [1.29, 1.82) is 0 Å². The SMILES string of the molecule is Fc1ccc(CSc2cn(Cc3ccccc3)c3ccccc23)cc1. The molecule has 4 rings (SSSR count). The molecule has 1 aromatic heterocycles. The Kier molecular flexibility index (Phi) is 4.57. The molecule has 0 aliphatic carbocycles. The molecule has 0 aliphatic heterocycles. The van der Waals surface area contributed by atoms with Gasteiger partial charge in [0.1, 0.15) is 5.82 Å². The summed E-state index contributed by atoms with van der Waals surface area (Å²) in [4.78, 5) is 1.26. The maximum atomic E-state index is 13.1. The van der Waals surface area contributed by atoms with Gasteiger partial charge in [0.05, 0.1) is 0 Å². The second kappa shape index (κ2) is 7.16. The summed E-state index contributed by atoms with van der Waals surface area (Å²) in [5, 5.41) is 1.27. The maximum absolute atomic E-state index is 13.1. The van der Waals surface area contributed by atoms with Crippen LogP contribution in [-0.4, -0.2) is 4.57 Å². The molecule has 0 N–H and O–H groups in total. The molecule has 0 saturated carbocycles. The summed E-state index contributed by atoms with van der Waals surface area (Å²) in [5.74, 6) is 0.646. The Hall–Kier alpha value is -2.52. The van der Waals surface area contributed by atoms with Crippen LogP contribution in [-0.2, 0) is 12.3 Å². The van der Waals surface area contributed by atoms with Crippen molar-refractivity contribution >= 4 is 22.7 Å². The van der Waals surface area contributed by atoms with Crippen molar-refractivity contribution < 1.29 is 4.39 Å². The molecule has 3 aromatic carbocycles. The molecular formula is C22H18FNS. The number of hydrogen-bond acceptors (Lipinski definition) is 1. The first kappa shape index (κ1) is 16.0. The average molecular weight is 347 g/mol. The third kappa shape index (κ3) is 3.62. The predicted octanol–water partition coefficient (Wildman–Crippen LogP) is 6.12. The van der Waals surface area contributed by atoms with Crippen LogP contribution in [0.1, 0.15) is 11.1 Å². The predicted molar refractivity (Wildman–Crippen MR) is 103 cm³/mol. The molecule has 0 bridgehead atoms. The van der Waals surface area contributed by atoms with E-state index in [1.54, 1.807) is 11.8 Å². The molecule has 0 spiro atoms. The molecule has 4 aromatic rings. The molecule has 124 valence electrons. The first-order chi connectivity index (χ1) is 12.3. The normalized spacial score (nSPS) is 11.1. The van der Waals surface area contributed by atoms with E-state index in [1.165, 1.54) is 33.5 Å².